The molecule has 1 atom stereocenters. The smallest absolute Gasteiger partial charge is 0.121 e. The van der Waals surface area contributed by atoms with E-state index < -0.39 is 6.10 Å². The summed E-state index contributed by atoms with van der Waals surface area (Å²) in [5, 5.41) is 11.3. The zero-order valence-electron chi connectivity index (χ0n) is 9.48. The summed E-state index contributed by atoms with van der Waals surface area (Å²) in [5.41, 5.74) is 1.37. The van der Waals surface area contributed by atoms with E-state index in [1.165, 1.54) is 0 Å². The SMILES string of the molecule is Cc1ncc(C(O)c2cc(Cl)cc(Cl)c2)n1C. The standard InChI is InChI=1S/C12H12Cl2N2O/c1-7-15-6-11(16(7)2)12(17)8-3-9(13)5-10(14)4-8/h3-6,12,17H,1-2H3. The molecule has 90 valence electrons. The zero-order valence-corrected chi connectivity index (χ0v) is 11.0. The third-order valence-electron chi connectivity index (χ3n) is 2.74. The largest absolute Gasteiger partial charge is 0.382 e. The van der Waals surface area contributed by atoms with Crippen LogP contribution in [0.2, 0.25) is 10.0 Å². The Kier molecular flexibility index (Phi) is 3.43. The van der Waals surface area contributed by atoms with Crippen LogP contribution in [-0.2, 0) is 7.05 Å². The summed E-state index contributed by atoms with van der Waals surface area (Å²) in [6.07, 6.45) is 0.867. The number of aliphatic hydroxyl groups excluding tert-OH is 1. The second-order valence-corrected chi connectivity index (χ2v) is 4.77. The van der Waals surface area contributed by atoms with Crippen LogP contribution in [0.1, 0.15) is 23.2 Å². The minimum absolute atomic E-state index is 0.505. The van der Waals surface area contributed by atoms with Crippen LogP contribution in [0.5, 0.6) is 0 Å². The third-order valence-corrected chi connectivity index (χ3v) is 3.17. The first-order chi connectivity index (χ1) is 7.99. The van der Waals surface area contributed by atoms with Gasteiger partial charge in [0.05, 0.1) is 11.9 Å². The topological polar surface area (TPSA) is 38.1 Å². The van der Waals surface area contributed by atoms with Gasteiger partial charge in [-0.3, -0.25) is 0 Å². The van der Waals surface area contributed by atoms with Gasteiger partial charge in [0.25, 0.3) is 0 Å². The number of rotatable bonds is 2. The minimum atomic E-state index is -0.780. The van der Waals surface area contributed by atoms with Crippen molar-refractivity contribution in [3.05, 3.63) is 51.5 Å². The molecule has 17 heavy (non-hydrogen) atoms. The van der Waals surface area contributed by atoms with Crippen molar-refractivity contribution in [1.82, 2.24) is 9.55 Å². The van der Waals surface area contributed by atoms with Crippen molar-refractivity contribution in [3.63, 3.8) is 0 Å². The lowest BCUT2D eigenvalue weighted by Gasteiger charge is -2.13. The summed E-state index contributed by atoms with van der Waals surface area (Å²) in [6.45, 7) is 1.88. The van der Waals surface area contributed by atoms with E-state index in [1.807, 2.05) is 18.5 Å². The van der Waals surface area contributed by atoms with Crippen molar-refractivity contribution in [2.24, 2.45) is 7.05 Å². The van der Waals surface area contributed by atoms with Gasteiger partial charge >= 0.3 is 0 Å². The minimum Gasteiger partial charge on any atom is -0.382 e. The zero-order chi connectivity index (χ0) is 12.6. The average molecular weight is 271 g/mol. The first-order valence-corrected chi connectivity index (χ1v) is 5.87. The van der Waals surface area contributed by atoms with Crippen LogP contribution in [-0.4, -0.2) is 14.7 Å². The molecule has 0 fully saturated rings. The summed E-state index contributed by atoms with van der Waals surface area (Å²) in [6, 6.07) is 5.02. The van der Waals surface area contributed by atoms with Gasteiger partial charge in [-0.05, 0) is 30.7 Å². The van der Waals surface area contributed by atoms with Gasteiger partial charge < -0.3 is 9.67 Å². The van der Waals surface area contributed by atoms with E-state index in [1.54, 1.807) is 24.4 Å². The van der Waals surface area contributed by atoms with Gasteiger partial charge in [0.2, 0.25) is 0 Å². The Hall–Kier alpha value is -1.03. The Balaban J connectivity index is 2.43. The van der Waals surface area contributed by atoms with Gasteiger partial charge in [-0.1, -0.05) is 23.2 Å². The number of benzene rings is 1. The summed E-state index contributed by atoms with van der Waals surface area (Å²) >= 11 is 11.8. The van der Waals surface area contributed by atoms with Crippen LogP contribution in [0.15, 0.2) is 24.4 Å². The predicted molar refractivity (Wildman–Crippen MR) is 68.5 cm³/mol. The molecule has 0 aliphatic heterocycles. The molecule has 2 rings (SSSR count). The Bertz CT molecular complexity index is 531. The van der Waals surface area contributed by atoms with Crippen molar-refractivity contribution in [1.29, 1.82) is 0 Å². The van der Waals surface area contributed by atoms with E-state index in [-0.39, 0.29) is 0 Å². The fourth-order valence-electron chi connectivity index (χ4n) is 1.68. The van der Waals surface area contributed by atoms with Crippen LogP contribution >= 0.6 is 23.2 Å². The van der Waals surface area contributed by atoms with E-state index in [0.29, 0.717) is 21.3 Å². The molecular weight excluding hydrogens is 259 g/mol. The van der Waals surface area contributed by atoms with Gasteiger partial charge in [0, 0.05) is 17.1 Å². The Morgan fingerprint density at radius 3 is 2.29 bits per heavy atom. The lowest BCUT2D eigenvalue weighted by Crippen LogP contribution is -2.06. The second-order valence-electron chi connectivity index (χ2n) is 3.89. The number of imidazole rings is 1. The highest BCUT2D eigenvalue weighted by Gasteiger charge is 2.16. The number of nitrogens with zero attached hydrogens (tertiary/aromatic N) is 2. The molecule has 5 heteroatoms. The molecular formula is C12H12Cl2N2O. The van der Waals surface area contributed by atoms with Crippen molar-refractivity contribution < 1.29 is 5.11 Å². The summed E-state index contributed by atoms with van der Waals surface area (Å²) in [5.74, 6) is 0.840. The van der Waals surface area contributed by atoms with E-state index in [2.05, 4.69) is 4.98 Å². The molecule has 1 N–H and O–H groups in total. The van der Waals surface area contributed by atoms with Crippen LogP contribution in [0.3, 0.4) is 0 Å². The number of aliphatic hydroxyl groups is 1. The molecule has 0 bridgehead atoms. The van der Waals surface area contributed by atoms with Crippen molar-refractivity contribution >= 4 is 23.2 Å². The fraction of sp³-hybridized carbons (Fsp3) is 0.250. The number of hydrogen-bond donors (Lipinski definition) is 1. The van der Waals surface area contributed by atoms with Gasteiger partial charge in [-0.25, -0.2) is 4.98 Å². The van der Waals surface area contributed by atoms with Crippen LogP contribution in [0.4, 0.5) is 0 Å². The molecule has 1 aromatic heterocycles. The number of aromatic nitrogens is 2. The predicted octanol–water partition coefficient (Wildman–Crippen LogP) is 3.12. The average Bonchev–Trinajstić information content (AvgIpc) is 2.57. The quantitative estimate of drug-likeness (QED) is 0.911. The van der Waals surface area contributed by atoms with E-state index in [4.69, 9.17) is 23.2 Å². The van der Waals surface area contributed by atoms with E-state index in [9.17, 15) is 5.11 Å². The maximum atomic E-state index is 10.3. The molecule has 1 aromatic carbocycles. The number of halogens is 2. The molecule has 0 aliphatic rings. The molecule has 0 amide bonds. The van der Waals surface area contributed by atoms with Gasteiger partial charge in [0.15, 0.2) is 0 Å². The normalized spacial score (nSPS) is 12.8. The van der Waals surface area contributed by atoms with Gasteiger partial charge in [-0.2, -0.15) is 0 Å². The van der Waals surface area contributed by atoms with E-state index >= 15 is 0 Å². The van der Waals surface area contributed by atoms with Crippen LogP contribution < -0.4 is 0 Å². The number of hydrogen-bond acceptors (Lipinski definition) is 2. The maximum absolute atomic E-state index is 10.3. The monoisotopic (exact) mass is 270 g/mol. The molecule has 0 aliphatic carbocycles. The molecule has 0 saturated carbocycles. The molecule has 3 nitrogen and oxygen atoms in total. The summed E-state index contributed by atoms with van der Waals surface area (Å²) < 4.78 is 1.83. The first-order valence-electron chi connectivity index (χ1n) is 5.11. The van der Waals surface area contributed by atoms with Crippen LogP contribution in [0, 0.1) is 6.92 Å². The molecule has 0 spiro atoms. The van der Waals surface area contributed by atoms with Gasteiger partial charge in [-0.15, -0.1) is 0 Å². The molecule has 0 radical (unpaired) electrons. The highest BCUT2D eigenvalue weighted by molar-refractivity contribution is 6.34. The molecule has 1 heterocycles. The third kappa shape index (κ3) is 2.46. The molecule has 1 unspecified atom stereocenters. The molecule has 2 aromatic rings. The summed E-state index contributed by atoms with van der Waals surface area (Å²) in [7, 11) is 1.85. The van der Waals surface area contributed by atoms with Crippen molar-refractivity contribution in [3.8, 4) is 0 Å². The lowest BCUT2D eigenvalue weighted by molar-refractivity contribution is 0.211. The second kappa shape index (κ2) is 4.69. The lowest BCUT2D eigenvalue weighted by atomic mass is 10.1. The van der Waals surface area contributed by atoms with Gasteiger partial charge in [0.1, 0.15) is 11.9 Å². The van der Waals surface area contributed by atoms with Crippen LogP contribution in [0.25, 0.3) is 0 Å². The maximum Gasteiger partial charge on any atom is 0.121 e. The number of aryl methyl sites for hydroxylation is 1. The Morgan fingerprint density at radius 1 is 1.24 bits per heavy atom. The molecule has 0 saturated heterocycles. The van der Waals surface area contributed by atoms with E-state index in [0.717, 1.165) is 5.82 Å². The fourth-order valence-corrected chi connectivity index (χ4v) is 2.22. The Labute approximate surface area is 110 Å². The highest BCUT2D eigenvalue weighted by atomic mass is 35.5. The Morgan fingerprint density at radius 2 is 1.82 bits per heavy atom. The van der Waals surface area contributed by atoms with Crippen molar-refractivity contribution in [2.75, 3.05) is 0 Å². The van der Waals surface area contributed by atoms with Crippen molar-refractivity contribution in [2.45, 2.75) is 13.0 Å². The summed E-state index contributed by atoms with van der Waals surface area (Å²) in [4.78, 5) is 4.14. The first kappa shape index (κ1) is 12.4. The highest BCUT2D eigenvalue weighted by Crippen LogP contribution is 2.27.